The summed E-state index contributed by atoms with van der Waals surface area (Å²) in [6.07, 6.45) is 4.29. The first-order valence-electron chi connectivity index (χ1n) is 4.89. The molecule has 0 heterocycles. The van der Waals surface area contributed by atoms with Gasteiger partial charge in [-0.1, -0.05) is 37.3 Å². The number of benzene rings is 1. The molecular formula is C12H14. The lowest BCUT2D eigenvalue weighted by Crippen LogP contribution is -1.90. The van der Waals surface area contributed by atoms with E-state index in [1.54, 1.807) is 5.56 Å². The Balaban J connectivity index is 1.96. The third kappa shape index (κ3) is 0.565. The van der Waals surface area contributed by atoms with Gasteiger partial charge in [0.15, 0.2) is 0 Å². The molecule has 0 radical (unpaired) electrons. The van der Waals surface area contributed by atoms with Crippen LogP contribution in [0.25, 0.3) is 0 Å². The van der Waals surface area contributed by atoms with Crippen molar-refractivity contribution in [1.82, 2.24) is 0 Å². The van der Waals surface area contributed by atoms with E-state index in [1.807, 2.05) is 0 Å². The minimum Gasteiger partial charge on any atom is -0.0648 e. The molecule has 2 fully saturated rings. The van der Waals surface area contributed by atoms with Gasteiger partial charge in [-0.3, -0.25) is 0 Å². The molecule has 0 aromatic heterocycles. The first kappa shape index (κ1) is 6.71. The maximum Gasteiger partial charge on any atom is 0.00211 e. The summed E-state index contributed by atoms with van der Waals surface area (Å²) >= 11 is 0. The lowest BCUT2D eigenvalue weighted by molar-refractivity contribution is 0.622. The largest absolute Gasteiger partial charge is 0.0648 e. The van der Waals surface area contributed by atoms with Crippen LogP contribution in [0.3, 0.4) is 0 Å². The maximum absolute atomic E-state index is 2.33. The lowest BCUT2D eigenvalue weighted by atomic mass is 10.0. The molecule has 0 aliphatic heterocycles. The van der Waals surface area contributed by atoms with Gasteiger partial charge >= 0.3 is 0 Å². The summed E-state index contributed by atoms with van der Waals surface area (Å²) in [5, 5.41) is 0. The summed E-state index contributed by atoms with van der Waals surface area (Å²) in [5.74, 6) is 0. The molecule has 0 spiro atoms. The topological polar surface area (TPSA) is 0 Å². The smallest absolute Gasteiger partial charge is 0.00211 e. The lowest BCUT2D eigenvalue weighted by Gasteiger charge is -2.00. The zero-order valence-corrected chi connectivity index (χ0v) is 7.51. The maximum atomic E-state index is 2.33. The highest BCUT2D eigenvalue weighted by molar-refractivity contribution is 5.49. The normalized spacial score (nSPS) is 42.1. The van der Waals surface area contributed by atoms with Crippen LogP contribution in [0.1, 0.15) is 31.7 Å². The van der Waals surface area contributed by atoms with E-state index in [9.17, 15) is 0 Å². The van der Waals surface area contributed by atoms with Crippen molar-refractivity contribution < 1.29 is 0 Å². The molecule has 1 aromatic carbocycles. The fourth-order valence-electron chi connectivity index (χ4n) is 2.87. The van der Waals surface area contributed by atoms with E-state index in [2.05, 4.69) is 37.3 Å². The fourth-order valence-corrected chi connectivity index (χ4v) is 2.87. The van der Waals surface area contributed by atoms with Crippen molar-refractivity contribution in [3.63, 3.8) is 0 Å². The Morgan fingerprint density at radius 3 is 2.33 bits per heavy atom. The van der Waals surface area contributed by atoms with E-state index < -0.39 is 0 Å². The Morgan fingerprint density at radius 2 is 1.83 bits per heavy atom. The van der Waals surface area contributed by atoms with Gasteiger partial charge in [-0.25, -0.2) is 0 Å². The van der Waals surface area contributed by atoms with Crippen LogP contribution in [-0.2, 0) is 5.41 Å². The van der Waals surface area contributed by atoms with E-state index in [4.69, 9.17) is 0 Å². The molecule has 2 aliphatic rings. The van der Waals surface area contributed by atoms with Gasteiger partial charge in [0.05, 0.1) is 0 Å². The molecular weight excluding hydrogens is 144 g/mol. The second-order valence-electron chi connectivity index (χ2n) is 4.44. The van der Waals surface area contributed by atoms with Crippen LogP contribution in [0.4, 0.5) is 0 Å². The molecule has 0 N–H and O–H groups in total. The first-order valence-corrected chi connectivity index (χ1v) is 4.89. The number of fused-ring (bicyclic) bond motifs is 1. The SMILES string of the molecule is CCC12CC1(c1ccccc1)C2. The van der Waals surface area contributed by atoms with Crippen molar-refractivity contribution in [2.45, 2.75) is 31.6 Å². The number of hydrogen-bond donors (Lipinski definition) is 0. The Hall–Kier alpha value is -0.780. The van der Waals surface area contributed by atoms with E-state index in [-0.39, 0.29) is 0 Å². The van der Waals surface area contributed by atoms with Crippen LogP contribution in [0.5, 0.6) is 0 Å². The molecule has 2 saturated carbocycles. The van der Waals surface area contributed by atoms with Crippen LogP contribution >= 0.6 is 0 Å². The van der Waals surface area contributed by atoms with Crippen molar-refractivity contribution in [2.75, 3.05) is 0 Å². The highest BCUT2D eigenvalue weighted by atomic mass is 14.8. The molecule has 0 heteroatoms. The second kappa shape index (κ2) is 1.76. The third-order valence-corrected chi connectivity index (χ3v) is 4.05. The summed E-state index contributed by atoms with van der Waals surface area (Å²) in [6.45, 7) is 2.33. The van der Waals surface area contributed by atoms with Gasteiger partial charge in [0.25, 0.3) is 0 Å². The minimum atomic E-state index is 0.656. The van der Waals surface area contributed by atoms with Crippen LogP contribution in [0.2, 0.25) is 0 Å². The highest BCUT2D eigenvalue weighted by Crippen LogP contribution is 2.87. The Kier molecular flexibility index (Phi) is 0.983. The van der Waals surface area contributed by atoms with Gasteiger partial charge in [0.2, 0.25) is 0 Å². The zero-order chi connectivity index (χ0) is 8.23. The van der Waals surface area contributed by atoms with E-state index in [1.165, 1.54) is 19.3 Å². The molecule has 2 aliphatic carbocycles. The molecule has 0 saturated heterocycles. The van der Waals surface area contributed by atoms with Crippen molar-refractivity contribution in [3.8, 4) is 0 Å². The Morgan fingerprint density at radius 1 is 1.17 bits per heavy atom. The summed E-state index contributed by atoms with van der Waals surface area (Å²) in [4.78, 5) is 0. The first-order chi connectivity index (χ1) is 5.83. The quantitative estimate of drug-likeness (QED) is 0.620. The van der Waals surface area contributed by atoms with E-state index >= 15 is 0 Å². The van der Waals surface area contributed by atoms with Crippen LogP contribution in [-0.4, -0.2) is 0 Å². The van der Waals surface area contributed by atoms with Gasteiger partial charge in [-0.15, -0.1) is 0 Å². The highest BCUT2D eigenvalue weighted by Gasteiger charge is 2.81. The van der Waals surface area contributed by atoms with E-state index in [0.29, 0.717) is 5.41 Å². The van der Waals surface area contributed by atoms with Gasteiger partial charge in [-0.05, 0) is 30.2 Å². The summed E-state index contributed by atoms with van der Waals surface area (Å²) < 4.78 is 0. The molecule has 0 unspecified atom stereocenters. The van der Waals surface area contributed by atoms with Crippen molar-refractivity contribution in [3.05, 3.63) is 35.9 Å². The number of rotatable bonds is 2. The summed E-state index contributed by atoms with van der Waals surface area (Å²) in [6, 6.07) is 11.0. The molecule has 0 nitrogen and oxygen atoms in total. The molecule has 0 bridgehead atoms. The van der Waals surface area contributed by atoms with Crippen molar-refractivity contribution in [2.24, 2.45) is 5.41 Å². The summed E-state index contributed by atoms with van der Waals surface area (Å²) in [7, 11) is 0. The third-order valence-electron chi connectivity index (χ3n) is 4.05. The average molecular weight is 158 g/mol. The number of hydrogen-bond acceptors (Lipinski definition) is 0. The van der Waals surface area contributed by atoms with Gasteiger partial charge in [-0.2, -0.15) is 0 Å². The predicted molar refractivity (Wildman–Crippen MR) is 50.1 cm³/mol. The van der Waals surface area contributed by atoms with E-state index in [0.717, 1.165) is 5.41 Å². The monoisotopic (exact) mass is 158 g/mol. The standard InChI is InChI=1S/C12H14/c1-2-11-8-12(11,9-11)10-6-4-3-5-7-10/h3-7H,2,8-9H2,1H3. The molecule has 12 heavy (non-hydrogen) atoms. The molecule has 0 atom stereocenters. The zero-order valence-electron chi connectivity index (χ0n) is 7.51. The second-order valence-corrected chi connectivity index (χ2v) is 4.44. The Bertz CT molecular complexity index is 304. The van der Waals surface area contributed by atoms with Gasteiger partial charge in [0, 0.05) is 5.41 Å². The summed E-state index contributed by atoms with van der Waals surface area (Å²) in [5.41, 5.74) is 3.00. The van der Waals surface area contributed by atoms with Crippen molar-refractivity contribution >= 4 is 0 Å². The molecule has 3 rings (SSSR count). The minimum absolute atomic E-state index is 0.656. The van der Waals surface area contributed by atoms with Crippen LogP contribution in [0.15, 0.2) is 30.3 Å². The Labute approximate surface area is 73.6 Å². The molecule has 1 aromatic rings. The van der Waals surface area contributed by atoms with Gasteiger partial charge in [0.1, 0.15) is 0 Å². The van der Waals surface area contributed by atoms with Crippen LogP contribution < -0.4 is 0 Å². The fraction of sp³-hybridized carbons (Fsp3) is 0.500. The molecule has 62 valence electrons. The van der Waals surface area contributed by atoms with Gasteiger partial charge < -0.3 is 0 Å². The van der Waals surface area contributed by atoms with Crippen LogP contribution in [0, 0.1) is 5.41 Å². The average Bonchev–Trinajstić information content (AvgIpc) is 2.91. The molecule has 0 amide bonds. The van der Waals surface area contributed by atoms with Crippen molar-refractivity contribution in [1.29, 1.82) is 0 Å². The predicted octanol–water partition coefficient (Wildman–Crippen LogP) is 3.13.